The summed E-state index contributed by atoms with van der Waals surface area (Å²) in [5, 5.41) is 3.67. The molecule has 0 fully saturated rings. The zero-order valence-corrected chi connectivity index (χ0v) is 9.23. The molecular formula is C9H15N3OS. The molecule has 14 heavy (non-hydrogen) atoms. The summed E-state index contributed by atoms with van der Waals surface area (Å²) in [6.07, 6.45) is 2.45. The van der Waals surface area contributed by atoms with Gasteiger partial charge in [-0.05, 0) is 13.3 Å². The minimum absolute atomic E-state index is 0.0352. The first kappa shape index (κ1) is 11.1. The van der Waals surface area contributed by atoms with Gasteiger partial charge < -0.3 is 11.1 Å². The van der Waals surface area contributed by atoms with E-state index in [1.54, 1.807) is 6.20 Å². The third kappa shape index (κ3) is 3.08. The van der Waals surface area contributed by atoms with Gasteiger partial charge in [-0.15, -0.1) is 11.3 Å². The highest BCUT2D eigenvalue weighted by Crippen LogP contribution is 2.10. The first-order valence-corrected chi connectivity index (χ1v) is 5.41. The second-order valence-electron chi connectivity index (χ2n) is 3.12. The molecule has 1 rings (SSSR count). The lowest BCUT2D eigenvalue weighted by Crippen LogP contribution is -2.36. The number of amides is 1. The van der Waals surface area contributed by atoms with Crippen LogP contribution < -0.4 is 11.1 Å². The van der Waals surface area contributed by atoms with Crippen LogP contribution in [-0.2, 0) is 0 Å². The minimum Gasteiger partial charge on any atom is -0.350 e. The van der Waals surface area contributed by atoms with Crippen LogP contribution in [0.3, 0.4) is 0 Å². The molecule has 4 nitrogen and oxygen atoms in total. The molecule has 0 saturated heterocycles. The van der Waals surface area contributed by atoms with E-state index < -0.39 is 0 Å². The fourth-order valence-electron chi connectivity index (χ4n) is 0.922. The molecule has 1 atom stereocenters. The SMILES string of the molecule is CCC(N)CNC(=O)c1cnc(C)s1. The maximum atomic E-state index is 11.5. The highest BCUT2D eigenvalue weighted by atomic mass is 32.1. The highest BCUT2D eigenvalue weighted by molar-refractivity contribution is 7.13. The Hall–Kier alpha value is -0.940. The molecule has 0 aliphatic rings. The standard InChI is InChI=1S/C9H15N3OS/c1-3-7(10)4-12-9(13)8-5-11-6(2)14-8/h5,7H,3-4,10H2,1-2H3,(H,12,13). The van der Waals surface area contributed by atoms with Gasteiger partial charge in [-0.25, -0.2) is 4.98 Å². The summed E-state index contributed by atoms with van der Waals surface area (Å²) in [7, 11) is 0. The molecule has 1 amide bonds. The number of hydrogen-bond donors (Lipinski definition) is 2. The van der Waals surface area contributed by atoms with E-state index in [4.69, 9.17) is 5.73 Å². The Bertz CT molecular complexity index is 311. The van der Waals surface area contributed by atoms with Crippen molar-refractivity contribution in [3.63, 3.8) is 0 Å². The van der Waals surface area contributed by atoms with Crippen LogP contribution in [0.1, 0.15) is 28.0 Å². The molecule has 0 aromatic carbocycles. The molecule has 0 spiro atoms. The summed E-state index contributed by atoms with van der Waals surface area (Å²) in [5.41, 5.74) is 5.68. The minimum atomic E-state index is -0.0838. The number of hydrogen-bond acceptors (Lipinski definition) is 4. The summed E-state index contributed by atoms with van der Waals surface area (Å²) < 4.78 is 0. The molecule has 0 aliphatic heterocycles. The molecule has 0 bridgehead atoms. The fraction of sp³-hybridized carbons (Fsp3) is 0.556. The predicted molar refractivity (Wildman–Crippen MR) is 57.5 cm³/mol. The second-order valence-corrected chi connectivity index (χ2v) is 4.36. The zero-order chi connectivity index (χ0) is 10.6. The zero-order valence-electron chi connectivity index (χ0n) is 8.41. The van der Waals surface area contributed by atoms with Gasteiger partial charge in [-0.3, -0.25) is 4.79 Å². The molecule has 0 aliphatic carbocycles. The van der Waals surface area contributed by atoms with Gasteiger partial charge in [0.2, 0.25) is 0 Å². The number of nitrogens with zero attached hydrogens (tertiary/aromatic N) is 1. The summed E-state index contributed by atoms with van der Waals surface area (Å²) >= 11 is 1.39. The monoisotopic (exact) mass is 213 g/mol. The van der Waals surface area contributed by atoms with Gasteiger partial charge in [0.1, 0.15) is 4.88 Å². The molecule has 1 heterocycles. The Kier molecular flexibility index (Phi) is 4.03. The van der Waals surface area contributed by atoms with Crippen LogP contribution >= 0.6 is 11.3 Å². The Labute approximate surface area is 87.5 Å². The van der Waals surface area contributed by atoms with Crippen LogP contribution in [0.25, 0.3) is 0 Å². The number of thiazole rings is 1. The van der Waals surface area contributed by atoms with Crippen molar-refractivity contribution < 1.29 is 4.79 Å². The molecular weight excluding hydrogens is 198 g/mol. The van der Waals surface area contributed by atoms with Crippen molar-refractivity contribution in [1.29, 1.82) is 0 Å². The van der Waals surface area contributed by atoms with Crippen LogP contribution in [0.4, 0.5) is 0 Å². The summed E-state index contributed by atoms with van der Waals surface area (Å²) in [6.45, 7) is 4.39. The number of rotatable bonds is 4. The van der Waals surface area contributed by atoms with Crippen LogP contribution in [0, 0.1) is 6.92 Å². The second kappa shape index (κ2) is 5.07. The van der Waals surface area contributed by atoms with E-state index in [1.807, 2.05) is 13.8 Å². The average Bonchev–Trinajstić information content (AvgIpc) is 2.60. The highest BCUT2D eigenvalue weighted by Gasteiger charge is 2.09. The van der Waals surface area contributed by atoms with Crippen molar-refractivity contribution >= 4 is 17.2 Å². The summed E-state index contributed by atoms with van der Waals surface area (Å²) in [6, 6.07) is 0.0352. The van der Waals surface area contributed by atoms with Gasteiger partial charge in [0, 0.05) is 12.6 Å². The largest absolute Gasteiger partial charge is 0.350 e. The van der Waals surface area contributed by atoms with Gasteiger partial charge >= 0.3 is 0 Å². The van der Waals surface area contributed by atoms with Gasteiger partial charge in [0.15, 0.2) is 0 Å². The topological polar surface area (TPSA) is 68.0 Å². The van der Waals surface area contributed by atoms with Crippen molar-refractivity contribution in [2.45, 2.75) is 26.3 Å². The molecule has 0 radical (unpaired) electrons. The van der Waals surface area contributed by atoms with Crippen molar-refractivity contribution in [3.8, 4) is 0 Å². The maximum absolute atomic E-state index is 11.5. The van der Waals surface area contributed by atoms with Crippen molar-refractivity contribution in [2.75, 3.05) is 6.54 Å². The van der Waals surface area contributed by atoms with E-state index in [9.17, 15) is 4.79 Å². The first-order chi connectivity index (χ1) is 6.63. The number of aryl methyl sites for hydroxylation is 1. The Morgan fingerprint density at radius 3 is 3.00 bits per heavy atom. The summed E-state index contributed by atoms with van der Waals surface area (Å²) in [4.78, 5) is 16.1. The summed E-state index contributed by atoms with van der Waals surface area (Å²) in [5.74, 6) is -0.0838. The molecule has 0 saturated carbocycles. The predicted octanol–water partition coefficient (Wildman–Crippen LogP) is 0.919. The third-order valence-corrected chi connectivity index (χ3v) is 2.81. The average molecular weight is 213 g/mol. The van der Waals surface area contributed by atoms with Crippen molar-refractivity contribution in [3.05, 3.63) is 16.1 Å². The van der Waals surface area contributed by atoms with Crippen LogP contribution in [0.2, 0.25) is 0 Å². The maximum Gasteiger partial charge on any atom is 0.263 e. The van der Waals surface area contributed by atoms with E-state index in [-0.39, 0.29) is 11.9 Å². The van der Waals surface area contributed by atoms with E-state index in [1.165, 1.54) is 11.3 Å². The van der Waals surface area contributed by atoms with E-state index in [2.05, 4.69) is 10.3 Å². The first-order valence-electron chi connectivity index (χ1n) is 4.59. The van der Waals surface area contributed by atoms with Crippen LogP contribution in [0.15, 0.2) is 6.20 Å². The van der Waals surface area contributed by atoms with E-state index >= 15 is 0 Å². The number of carbonyl (C=O) groups excluding carboxylic acids is 1. The van der Waals surface area contributed by atoms with E-state index in [0.717, 1.165) is 11.4 Å². The smallest absolute Gasteiger partial charge is 0.263 e. The lowest BCUT2D eigenvalue weighted by atomic mass is 10.2. The van der Waals surface area contributed by atoms with Crippen molar-refractivity contribution in [1.82, 2.24) is 10.3 Å². The number of aromatic nitrogens is 1. The quantitative estimate of drug-likeness (QED) is 0.781. The van der Waals surface area contributed by atoms with Crippen molar-refractivity contribution in [2.24, 2.45) is 5.73 Å². The molecule has 5 heteroatoms. The van der Waals surface area contributed by atoms with Crippen LogP contribution in [-0.4, -0.2) is 23.5 Å². The lowest BCUT2D eigenvalue weighted by molar-refractivity contribution is 0.0955. The van der Waals surface area contributed by atoms with Gasteiger partial charge in [0.25, 0.3) is 5.91 Å². The number of carbonyl (C=O) groups is 1. The van der Waals surface area contributed by atoms with Crippen LogP contribution in [0.5, 0.6) is 0 Å². The number of nitrogens with two attached hydrogens (primary N) is 1. The Balaban J connectivity index is 2.43. The fourth-order valence-corrected chi connectivity index (χ4v) is 1.62. The normalized spacial score (nSPS) is 12.5. The lowest BCUT2D eigenvalue weighted by Gasteiger charge is -2.08. The third-order valence-electron chi connectivity index (χ3n) is 1.89. The molecule has 1 unspecified atom stereocenters. The van der Waals surface area contributed by atoms with Gasteiger partial charge in [-0.2, -0.15) is 0 Å². The Morgan fingerprint density at radius 1 is 1.79 bits per heavy atom. The number of nitrogens with one attached hydrogen (secondary N) is 1. The molecule has 3 N–H and O–H groups in total. The molecule has 1 aromatic rings. The van der Waals surface area contributed by atoms with E-state index in [0.29, 0.717) is 11.4 Å². The van der Waals surface area contributed by atoms with Gasteiger partial charge in [0.05, 0.1) is 11.2 Å². The Morgan fingerprint density at radius 2 is 2.50 bits per heavy atom. The molecule has 78 valence electrons. The van der Waals surface area contributed by atoms with Gasteiger partial charge in [-0.1, -0.05) is 6.92 Å². The molecule has 1 aromatic heterocycles.